The molecule has 0 heterocycles. The van der Waals surface area contributed by atoms with Crippen LogP contribution in [0.15, 0.2) is 54.6 Å². The van der Waals surface area contributed by atoms with Gasteiger partial charge in [-0.3, -0.25) is 35.1 Å². The number of carbonyl (C=O) groups is 1. The van der Waals surface area contributed by atoms with Crippen LogP contribution in [0, 0.1) is 30.3 Å². The lowest BCUT2D eigenvalue weighted by Crippen LogP contribution is -2.42. The van der Waals surface area contributed by atoms with Crippen molar-refractivity contribution in [1.82, 2.24) is 0 Å². The molecule has 2 bridgehead atoms. The Hall–Kier alpha value is -3.80. The first-order valence-electron chi connectivity index (χ1n) is 11.3. The molecule has 0 unspecified atom stereocenters. The van der Waals surface area contributed by atoms with Gasteiger partial charge in [0.05, 0.1) is 21.9 Å². The van der Waals surface area contributed by atoms with Crippen molar-refractivity contribution in [3.05, 3.63) is 118 Å². The molecule has 0 spiro atoms. The number of nitrogens with zero attached hydrogens (tertiary/aromatic N) is 3. The Bertz CT molecular complexity index is 1370. The maximum absolute atomic E-state index is 12.2. The second-order valence-electron chi connectivity index (χ2n) is 8.75. The van der Waals surface area contributed by atoms with Crippen LogP contribution in [0.1, 0.15) is 52.1 Å². The molecule has 3 aliphatic carbocycles. The van der Waals surface area contributed by atoms with Crippen molar-refractivity contribution in [2.45, 2.75) is 28.5 Å². The van der Waals surface area contributed by atoms with E-state index in [1.54, 1.807) is 18.2 Å². The summed E-state index contributed by atoms with van der Waals surface area (Å²) in [4.78, 5) is 45.5. The van der Waals surface area contributed by atoms with Gasteiger partial charge in [0, 0.05) is 54.2 Å². The molecule has 0 fully saturated rings. The number of non-ortho nitro benzene ring substituents is 3. The van der Waals surface area contributed by atoms with Gasteiger partial charge in [0.15, 0.2) is 4.30 Å². The SMILES string of the molecule is COC(=O)CCC12c3cc([N+](=O)[O-])ccc3C(c3ccc([N+](=O)[O-])cc31)c1ccc([N+](=O)[O-])cc12.ClC(Cl)Cl. The molecular weight excluding hydrogens is 577 g/mol. The average Bonchev–Trinajstić information content (AvgIpc) is 2.90. The second-order valence-corrected chi connectivity index (χ2v) is 10.7. The molecule has 202 valence electrons. The summed E-state index contributed by atoms with van der Waals surface area (Å²) in [5.74, 6) is -0.976. The summed E-state index contributed by atoms with van der Waals surface area (Å²) in [6.45, 7) is 0. The number of nitro groups is 3. The first-order chi connectivity index (χ1) is 18.4. The van der Waals surface area contributed by atoms with Crippen LogP contribution in [-0.2, 0) is 14.9 Å². The van der Waals surface area contributed by atoms with E-state index in [1.807, 2.05) is 0 Å². The Kier molecular flexibility index (Phi) is 7.78. The van der Waals surface area contributed by atoms with Gasteiger partial charge in [0.1, 0.15) is 0 Å². The average molecular weight is 595 g/mol. The molecule has 0 saturated heterocycles. The van der Waals surface area contributed by atoms with E-state index in [2.05, 4.69) is 0 Å². The van der Waals surface area contributed by atoms with E-state index in [0.717, 1.165) is 16.7 Å². The highest BCUT2D eigenvalue weighted by Crippen LogP contribution is 2.62. The zero-order chi connectivity index (χ0) is 28.6. The minimum absolute atomic E-state index is 0.0445. The molecule has 0 atom stereocenters. The van der Waals surface area contributed by atoms with Crippen LogP contribution in [0.3, 0.4) is 0 Å². The zero-order valence-corrected chi connectivity index (χ0v) is 22.3. The lowest BCUT2D eigenvalue weighted by Gasteiger charge is -2.50. The zero-order valence-electron chi connectivity index (χ0n) is 20.0. The molecule has 0 aliphatic heterocycles. The third-order valence-corrected chi connectivity index (χ3v) is 6.99. The number of methoxy groups -OCH3 is 1. The van der Waals surface area contributed by atoms with Gasteiger partial charge in [-0.1, -0.05) is 53.0 Å². The first-order valence-corrected chi connectivity index (χ1v) is 12.6. The van der Waals surface area contributed by atoms with Gasteiger partial charge in [-0.15, -0.1) is 0 Å². The summed E-state index contributed by atoms with van der Waals surface area (Å²) in [5.41, 5.74) is 1.93. The molecule has 0 amide bonds. The normalized spacial score (nSPS) is 17.7. The second kappa shape index (κ2) is 10.8. The standard InChI is InChI=1S/C24H17N3O8.CHCl3/c1-35-22(28)8-9-24-19-10-13(25(29)30)2-5-16(19)23(17-6-3-14(26(31)32)11-20(17)24)18-7-4-15(27(33)34)12-21(18)24;2-1(3)4/h2-7,10-12,23H,8-9H2,1H3;1H. The highest BCUT2D eigenvalue weighted by atomic mass is 35.6. The predicted molar refractivity (Wildman–Crippen MR) is 143 cm³/mol. The van der Waals surface area contributed by atoms with Crippen LogP contribution in [0.4, 0.5) is 17.1 Å². The molecule has 0 aromatic heterocycles. The highest BCUT2D eigenvalue weighted by molar-refractivity contribution is 6.63. The number of rotatable bonds is 6. The van der Waals surface area contributed by atoms with E-state index in [-0.39, 0.29) is 29.9 Å². The Morgan fingerprint density at radius 3 is 1.41 bits per heavy atom. The molecule has 0 N–H and O–H groups in total. The number of benzene rings is 3. The largest absolute Gasteiger partial charge is 0.469 e. The van der Waals surface area contributed by atoms with Gasteiger partial charge in [0.25, 0.3) is 17.1 Å². The van der Waals surface area contributed by atoms with Crippen molar-refractivity contribution < 1.29 is 24.3 Å². The van der Waals surface area contributed by atoms with E-state index in [9.17, 15) is 35.1 Å². The minimum Gasteiger partial charge on any atom is -0.469 e. The lowest BCUT2D eigenvalue weighted by molar-refractivity contribution is -0.385. The number of esters is 1. The van der Waals surface area contributed by atoms with E-state index in [4.69, 9.17) is 39.5 Å². The van der Waals surface area contributed by atoms with Gasteiger partial charge in [-0.05, 0) is 39.8 Å². The Balaban J connectivity index is 0.000000826. The van der Waals surface area contributed by atoms with E-state index >= 15 is 0 Å². The van der Waals surface area contributed by atoms with Crippen LogP contribution in [0.2, 0.25) is 0 Å². The molecule has 3 aromatic rings. The van der Waals surface area contributed by atoms with Crippen molar-refractivity contribution in [3.63, 3.8) is 0 Å². The topological polar surface area (TPSA) is 156 Å². The van der Waals surface area contributed by atoms with Gasteiger partial charge in [-0.2, -0.15) is 0 Å². The smallest absolute Gasteiger partial charge is 0.305 e. The molecule has 0 radical (unpaired) electrons. The Morgan fingerprint density at radius 1 is 0.795 bits per heavy atom. The van der Waals surface area contributed by atoms with E-state index in [1.165, 1.54) is 43.5 Å². The summed E-state index contributed by atoms with van der Waals surface area (Å²) in [6, 6.07) is 13.4. The van der Waals surface area contributed by atoms with E-state index in [0.29, 0.717) is 16.7 Å². The van der Waals surface area contributed by atoms with Crippen molar-refractivity contribution in [2.75, 3.05) is 7.11 Å². The van der Waals surface area contributed by atoms with Gasteiger partial charge in [-0.25, -0.2) is 0 Å². The quantitative estimate of drug-likeness (QED) is 0.136. The molecule has 3 aliphatic rings. The lowest BCUT2D eigenvalue weighted by atomic mass is 9.51. The maximum Gasteiger partial charge on any atom is 0.305 e. The van der Waals surface area contributed by atoms with Crippen LogP contribution in [-0.4, -0.2) is 32.1 Å². The number of carbonyl (C=O) groups excluding carboxylic acids is 1. The summed E-state index contributed by atoms with van der Waals surface area (Å²) < 4.78 is 4.08. The van der Waals surface area contributed by atoms with Crippen molar-refractivity contribution in [1.29, 1.82) is 0 Å². The number of hydrogen-bond donors (Lipinski definition) is 0. The molecular formula is C25H18Cl3N3O8. The number of ether oxygens (including phenoxy) is 1. The third-order valence-electron chi connectivity index (χ3n) is 6.99. The van der Waals surface area contributed by atoms with Crippen molar-refractivity contribution in [2.24, 2.45) is 0 Å². The summed E-state index contributed by atoms with van der Waals surface area (Å²) in [7, 11) is 1.23. The fourth-order valence-electron chi connectivity index (χ4n) is 5.57. The number of halogens is 3. The molecule has 14 heteroatoms. The molecule has 6 rings (SSSR count). The van der Waals surface area contributed by atoms with Crippen molar-refractivity contribution >= 4 is 57.8 Å². The van der Waals surface area contributed by atoms with Gasteiger partial charge in [0.2, 0.25) is 0 Å². The van der Waals surface area contributed by atoms with Crippen LogP contribution >= 0.6 is 34.8 Å². The number of alkyl halides is 3. The van der Waals surface area contributed by atoms with Crippen LogP contribution in [0.5, 0.6) is 0 Å². The Labute approximate surface area is 235 Å². The predicted octanol–water partition coefficient (Wildman–Crippen LogP) is 6.49. The third kappa shape index (κ3) is 4.88. The Morgan fingerprint density at radius 2 is 1.13 bits per heavy atom. The van der Waals surface area contributed by atoms with Crippen molar-refractivity contribution in [3.8, 4) is 0 Å². The van der Waals surface area contributed by atoms with Crippen LogP contribution in [0.25, 0.3) is 0 Å². The minimum atomic E-state index is -1.27. The first kappa shape index (κ1) is 28.2. The molecule has 39 heavy (non-hydrogen) atoms. The van der Waals surface area contributed by atoms with E-state index < -0.39 is 36.4 Å². The maximum atomic E-state index is 12.2. The van der Waals surface area contributed by atoms with Crippen LogP contribution < -0.4 is 0 Å². The van der Waals surface area contributed by atoms with Gasteiger partial charge < -0.3 is 4.74 Å². The monoisotopic (exact) mass is 593 g/mol. The molecule has 3 aromatic carbocycles. The number of nitro benzene ring substituents is 3. The molecule has 0 saturated carbocycles. The summed E-state index contributed by atoms with van der Waals surface area (Å²) >= 11 is 14.4. The fourth-order valence-corrected chi connectivity index (χ4v) is 5.57. The fraction of sp³-hybridized carbons (Fsp3) is 0.240. The molecule has 11 nitrogen and oxygen atoms in total. The highest BCUT2D eigenvalue weighted by Gasteiger charge is 2.53. The summed E-state index contributed by atoms with van der Waals surface area (Å²) in [6.07, 6.45) is -0.0730. The number of hydrogen-bond acceptors (Lipinski definition) is 8. The summed E-state index contributed by atoms with van der Waals surface area (Å²) in [5, 5.41) is 34.9. The van der Waals surface area contributed by atoms with Gasteiger partial charge >= 0.3 is 5.97 Å².